The molecule has 3 aromatic rings. The molecule has 1 aromatic heterocycles. The van der Waals surface area contributed by atoms with Crippen LogP contribution in [0.1, 0.15) is 24.1 Å². The molecule has 1 heterocycles. The summed E-state index contributed by atoms with van der Waals surface area (Å²) in [7, 11) is 1.62. The number of nitrogens with zero attached hydrogens (tertiary/aromatic N) is 2. The Bertz CT molecular complexity index is 974. The maximum atomic E-state index is 12.6. The first-order valence-corrected chi connectivity index (χ1v) is 9.04. The van der Waals surface area contributed by atoms with Crippen molar-refractivity contribution in [3.8, 4) is 17.1 Å². The number of amides is 1. The van der Waals surface area contributed by atoms with Crippen LogP contribution < -0.4 is 10.1 Å². The predicted octanol–water partition coefficient (Wildman–Crippen LogP) is 3.80. The molecule has 140 valence electrons. The number of aryl methyl sites for hydroxylation is 1. The average Bonchev–Trinajstić information content (AvgIpc) is 3.02. The average molecular weight is 382 g/mol. The van der Waals surface area contributed by atoms with Gasteiger partial charge in [0.25, 0.3) is 0 Å². The molecule has 1 unspecified atom stereocenters. The van der Waals surface area contributed by atoms with Crippen molar-refractivity contribution in [1.29, 1.82) is 0 Å². The van der Waals surface area contributed by atoms with Gasteiger partial charge in [0.2, 0.25) is 5.91 Å². The summed E-state index contributed by atoms with van der Waals surface area (Å²) in [4.78, 5) is 12.6. The Morgan fingerprint density at radius 1 is 1.22 bits per heavy atom. The van der Waals surface area contributed by atoms with Crippen LogP contribution in [-0.4, -0.2) is 27.8 Å². The van der Waals surface area contributed by atoms with Crippen LogP contribution in [-0.2, 0) is 11.3 Å². The Balaban J connectivity index is 1.75. The van der Waals surface area contributed by atoms with Crippen LogP contribution in [0.5, 0.6) is 5.75 Å². The first-order chi connectivity index (χ1) is 13.0. The van der Waals surface area contributed by atoms with Gasteiger partial charge in [0.05, 0.1) is 13.2 Å². The molecule has 2 N–H and O–H groups in total. The summed E-state index contributed by atoms with van der Waals surface area (Å²) in [5, 5.41) is 10.0. The molecule has 3 rings (SSSR count). The monoisotopic (exact) mass is 382 g/mol. The quantitative estimate of drug-likeness (QED) is 0.636. The van der Waals surface area contributed by atoms with E-state index in [1.165, 1.54) is 5.56 Å². The molecule has 0 saturated heterocycles. The van der Waals surface area contributed by atoms with Gasteiger partial charge in [-0.1, -0.05) is 29.8 Å². The number of methoxy groups -OCH3 is 1. The molecule has 1 atom stereocenters. The summed E-state index contributed by atoms with van der Waals surface area (Å²) in [6, 6.07) is 15.5. The smallest absolute Gasteiger partial charge is 0.240 e. The zero-order valence-electron chi connectivity index (χ0n) is 15.5. The third-order valence-electron chi connectivity index (χ3n) is 4.36. The molecule has 0 fully saturated rings. The van der Waals surface area contributed by atoms with Crippen molar-refractivity contribution in [3.05, 3.63) is 64.4 Å². The Kier molecular flexibility index (Phi) is 5.71. The van der Waals surface area contributed by atoms with Gasteiger partial charge in [0.1, 0.15) is 12.3 Å². The number of aromatic amines is 1. The van der Waals surface area contributed by atoms with Crippen LogP contribution in [0.4, 0.5) is 0 Å². The highest BCUT2D eigenvalue weighted by atomic mass is 32.1. The van der Waals surface area contributed by atoms with E-state index in [0.717, 1.165) is 16.9 Å². The number of hydrogen-bond donors (Lipinski definition) is 2. The largest absolute Gasteiger partial charge is 0.497 e. The SMILES string of the molecule is COc1ccc(-c2n[nH]c(=S)n2CC(=O)NC(C)c2ccc(C)cc2)cc1. The summed E-state index contributed by atoms with van der Waals surface area (Å²) in [6.07, 6.45) is 0. The lowest BCUT2D eigenvalue weighted by Crippen LogP contribution is -2.30. The van der Waals surface area contributed by atoms with Crippen LogP contribution in [0.2, 0.25) is 0 Å². The number of benzene rings is 2. The van der Waals surface area contributed by atoms with Crippen molar-refractivity contribution in [2.24, 2.45) is 0 Å². The molecule has 0 spiro atoms. The minimum Gasteiger partial charge on any atom is -0.497 e. The molecule has 0 aliphatic rings. The molecule has 0 saturated carbocycles. The number of rotatable bonds is 6. The van der Waals surface area contributed by atoms with E-state index in [0.29, 0.717) is 10.6 Å². The summed E-state index contributed by atoms with van der Waals surface area (Å²) in [6.45, 7) is 4.09. The van der Waals surface area contributed by atoms with Gasteiger partial charge in [0.15, 0.2) is 10.6 Å². The highest BCUT2D eigenvalue weighted by Gasteiger charge is 2.15. The van der Waals surface area contributed by atoms with Gasteiger partial charge < -0.3 is 10.1 Å². The van der Waals surface area contributed by atoms with E-state index in [1.807, 2.05) is 62.4 Å². The fraction of sp³-hybridized carbons (Fsp3) is 0.250. The van der Waals surface area contributed by atoms with Crippen molar-refractivity contribution in [3.63, 3.8) is 0 Å². The number of carbonyl (C=O) groups is 1. The first-order valence-electron chi connectivity index (χ1n) is 8.63. The number of aromatic nitrogens is 3. The van der Waals surface area contributed by atoms with Crippen LogP contribution in [0.3, 0.4) is 0 Å². The Labute approximate surface area is 163 Å². The van der Waals surface area contributed by atoms with Gasteiger partial charge in [-0.15, -0.1) is 0 Å². The Hall–Kier alpha value is -2.93. The minimum absolute atomic E-state index is 0.0902. The molecule has 0 aliphatic heterocycles. The van der Waals surface area contributed by atoms with Gasteiger partial charge in [-0.05, 0) is 55.9 Å². The Morgan fingerprint density at radius 3 is 2.52 bits per heavy atom. The molecule has 6 nitrogen and oxygen atoms in total. The lowest BCUT2D eigenvalue weighted by molar-refractivity contribution is -0.122. The number of H-pyrrole nitrogens is 1. The third kappa shape index (κ3) is 4.43. The number of ether oxygens (including phenoxy) is 1. The van der Waals surface area contributed by atoms with Crippen LogP contribution >= 0.6 is 12.2 Å². The van der Waals surface area contributed by atoms with Crippen LogP contribution in [0, 0.1) is 11.7 Å². The van der Waals surface area contributed by atoms with Gasteiger partial charge in [0, 0.05) is 5.56 Å². The maximum Gasteiger partial charge on any atom is 0.240 e. The summed E-state index contributed by atoms with van der Waals surface area (Å²) in [5.41, 5.74) is 3.09. The van der Waals surface area contributed by atoms with E-state index in [1.54, 1.807) is 11.7 Å². The molecule has 2 aromatic carbocycles. The van der Waals surface area contributed by atoms with Gasteiger partial charge in [-0.3, -0.25) is 14.5 Å². The lowest BCUT2D eigenvalue weighted by Gasteiger charge is -2.15. The highest BCUT2D eigenvalue weighted by Crippen LogP contribution is 2.21. The third-order valence-corrected chi connectivity index (χ3v) is 4.67. The fourth-order valence-electron chi connectivity index (χ4n) is 2.79. The normalized spacial score (nSPS) is 11.8. The van der Waals surface area contributed by atoms with E-state index in [4.69, 9.17) is 17.0 Å². The molecule has 7 heteroatoms. The van der Waals surface area contributed by atoms with E-state index in [2.05, 4.69) is 15.5 Å². The van der Waals surface area contributed by atoms with Crippen LogP contribution in [0.25, 0.3) is 11.4 Å². The van der Waals surface area contributed by atoms with E-state index in [-0.39, 0.29) is 18.5 Å². The second-order valence-corrected chi connectivity index (χ2v) is 6.75. The number of carbonyl (C=O) groups excluding carboxylic acids is 1. The van der Waals surface area contributed by atoms with Crippen molar-refractivity contribution < 1.29 is 9.53 Å². The molecular weight excluding hydrogens is 360 g/mol. The van der Waals surface area contributed by atoms with Crippen LogP contribution in [0.15, 0.2) is 48.5 Å². The first kappa shape index (κ1) is 18.8. The minimum atomic E-state index is -0.129. The molecule has 0 radical (unpaired) electrons. The number of hydrogen-bond acceptors (Lipinski definition) is 4. The molecule has 0 aliphatic carbocycles. The van der Waals surface area contributed by atoms with Crippen molar-refractivity contribution in [2.45, 2.75) is 26.4 Å². The Morgan fingerprint density at radius 2 is 1.89 bits per heavy atom. The topological polar surface area (TPSA) is 71.9 Å². The summed E-state index contributed by atoms with van der Waals surface area (Å²) < 4.78 is 7.27. The summed E-state index contributed by atoms with van der Waals surface area (Å²) >= 11 is 5.30. The maximum absolute atomic E-state index is 12.6. The molecule has 1 amide bonds. The second kappa shape index (κ2) is 8.18. The second-order valence-electron chi connectivity index (χ2n) is 6.37. The van der Waals surface area contributed by atoms with Crippen molar-refractivity contribution in [1.82, 2.24) is 20.1 Å². The van der Waals surface area contributed by atoms with E-state index in [9.17, 15) is 4.79 Å². The van der Waals surface area contributed by atoms with Gasteiger partial charge in [-0.2, -0.15) is 5.10 Å². The lowest BCUT2D eigenvalue weighted by atomic mass is 10.1. The zero-order valence-corrected chi connectivity index (χ0v) is 16.3. The standard InChI is InChI=1S/C20H22N4O2S/c1-13-4-6-15(7-5-13)14(2)21-18(25)12-24-19(22-23-20(24)27)16-8-10-17(26-3)11-9-16/h4-11,14H,12H2,1-3H3,(H,21,25)(H,23,27). The number of nitrogens with one attached hydrogen (secondary N) is 2. The van der Waals surface area contributed by atoms with Crippen molar-refractivity contribution >= 4 is 18.1 Å². The predicted molar refractivity (Wildman–Crippen MR) is 107 cm³/mol. The van der Waals surface area contributed by atoms with Gasteiger partial charge >= 0.3 is 0 Å². The van der Waals surface area contributed by atoms with E-state index >= 15 is 0 Å². The van der Waals surface area contributed by atoms with E-state index < -0.39 is 0 Å². The summed E-state index contributed by atoms with van der Waals surface area (Å²) in [5.74, 6) is 1.24. The fourth-order valence-corrected chi connectivity index (χ4v) is 2.99. The van der Waals surface area contributed by atoms with Crippen molar-refractivity contribution in [2.75, 3.05) is 7.11 Å². The molecule has 0 bridgehead atoms. The molecular formula is C20H22N4O2S. The highest BCUT2D eigenvalue weighted by molar-refractivity contribution is 7.71. The zero-order chi connectivity index (χ0) is 19.4. The van der Waals surface area contributed by atoms with Gasteiger partial charge in [-0.25, -0.2) is 0 Å². The molecule has 27 heavy (non-hydrogen) atoms.